The molecule has 1 aromatic rings. The van der Waals surface area contributed by atoms with Gasteiger partial charge in [0, 0.05) is 11.3 Å². The highest BCUT2D eigenvalue weighted by molar-refractivity contribution is 6.02. The standard InChI is InChI=1S/C8H8N2O3/c9-6-3-1-5(2-4-6)7(11)10-8(12)13/h1-4H,9H2,(H,10,11)(H,12,13)/p-1. The second kappa shape index (κ2) is 3.57. The van der Waals surface area contributed by atoms with E-state index < -0.39 is 12.0 Å². The van der Waals surface area contributed by atoms with E-state index in [2.05, 4.69) is 0 Å². The number of hydrogen-bond acceptors (Lipinski definition) is 4. The van der Waals surface area contributed by atoms with E-state index in [1.165, 1.54) is 24.3 Å². The SMILES string of the molecule is Nc1ccc(C(=O)NC(=O)[O-])cc1. The first-order chi connectivity index (χ1) is 6.09. The molecule has 0 aliphatic heterocycles. The van der Waals surface area contributed by atoms with E-state index in [0.29, 0.717) is 5.69 Å². The average molecular weight is 179 g/mol. The topological polar surface area (TPSA) is 95.2 Å². The fraction of sp³-hybridized carbons (Fsp3) is 0. The van der Waals surface area contributed by atoms with Crippen molar-refractivity contribution in [3.63, 3.8) is 0 Å². The number of nitrogens with one attached hydrogen (secondary N) is 1. The van der Waals surface area contributed by atoms with Crippen molar-refractivity contribution in [1.29, 1.82) is 0 Å². The van der Waals surface area contributed by atoms with Crippen LogP contribution in [-0.4, -0.2) is 12.0 Å². The van der Waals surface area contributed by atoms with Gasteiger partial charge < -0.3 is 21.0 Å². The first kappa shape index (κ1) is 9.05. The summed E-state index contributed by atoms with van der Waals surface area (Å²) < 4.78 is 0. The maximum absolute atomic E-state index is 11.0. The second-order valence-corrected chi connectivity index (χ2v) is 2.36. The Labute approximate surface area is 74.2 Å². The number of imide groups is 1. The van der Waals surface area contributed by atoms with Crippen LogP contribution in [-0.2, 0) is 0 Å². The van der Waals surface area contributed by atoms with E-state index in [0.717, 1.165) is 0 Å². The summed E-state index contributed by atoms with van der Waals surface area (Å²) in [4.78, 5) is 21.0. The van der Waals surface area contributed by atoms with Crippen molar-refractivity contribution in [2.45, 2.75) is 0 Å². The van der Waals surface area contributed by atoms with Crippen molar-refractivity contribution in [1.82, 2.24) is 5.32 Å². The van der Waals surface area contributed by atoms with Crippen LogP contribution in [0.2, 0.25) is 0 Å². The number of anilines is 1. The second-order valence-electron chi connectivity index (χ2n) is 2.36. The molecular weight excluding hydrogens is 172 g/mol. The molecule has 0 saturated carbocycles. The smallest absolute Gasteiger partial charge is 0.256 e. The number of carbonyl (C=O) groups is 2. The number of carbonyl (C=O) groups excluding carboxylic acids is 2. The number of amides is 2. The Morgan fingerprint density at radius 1 is 1.23 bits per heavy atom. The van der Waals surface area contributed by atoms with Crippen molar-refractivity contribution in [2.24, 2.45) is 0 Å². The van der Waals surface area contributed by atoms with Gasteiger partial charge in [0.15, 0.2) is 0 Å². The van der Waals surface area contributed by atoms with Crippen LogP contribution >= 0.6 is 0 Å². The van der Waals surface area contributed by atoms with E-state index >= 15 is 0 Å². The van der Waals surface area contributed by atoms with Gasteiger partial charge in [0.25, 0.3) is 5.91 Å². The molecule has 0 radical (unpaired) electrons. The maximum atomic E-state index is 11.0. The zero-order chi connectivity index (χ0) is 9.84. The Morgan fingerprint density at radius 3 is 2.23 bits per heavy atom. The average Bonchev–Trinajstić information content (AvgIpc) is 2.04. The lowest BCUT2D eigenvalue weighted by Gasteiger charge is -2.04. The molecule has 0 bridgehead atoms. The van der Waals surface area contributed by atoms with E-state index in [9.17, 15) is 14.7 Å². The van der Waals surface area contributed by atoms with Crippen molar-refractivity contribution in [2.75, 3.05) is 5.73 Å². The minimum atomic E-state index is -1.62. The van der Waals surface area contributed by atoms with Crippen LogP contribution in [0.3, 0.4) is 0 Å². The van der Waals surface area contributed by atoms with Gasteiger partial charge >= 0.3 is 0 Å². The zero-order valence-electron chi connectivity index (χ0n) is 6.61. The van der Waals surface area contributed by atoms with Crippen molar-refractivity contribution < 1.29 is 14.7 Å². The minimum absolute atomic E-state index is 0.221. The molecule has 1 aromatic carbocycles. The molecule has 3 N–H and O–H groups in total. The Kier molecular flexibility index (Phi) is 2.49. The Bertz CT molecular complexity index is 332. The number of nitrogens with two attached hydrogens (primary N) is 1. The van der Waals surface area contributed by atoms with Gasteiger partial charge in [-0.15, -0.1) is 0 Å². The van der Waals surface area contributed by atoms with Crippen molar-refractivity contribution in [3.8, 4) is 0 Å². The summed E-state index contributed by atoms with van der Waals surface area (Å²) in [5.74, 6) is -0.722. The van der Waals surface area contributed by atoms with Gasteiger partial charge in [-0.3, -0.25) is 4.79 Å². The Hall–Kier alpha value is -2.04. The molecule has 0 heterocycles. The van der Waals surface area contributed by atoms with Crippen LogP contribution in [0.25, 0.3) is 0 Å². The summed E-state index contributed by atoms with van der Waals surface area (Å²) in [5, 5.41) is 11.6. The van der Waals surface area contributed by atoms with Crippen LogP contribution in [0.15, 0.2) is 24.3 Å². The fourth-order valence-corrected chi connectivity index (χ4v) is 0.799. The first-order valence-corrected chi connectivity index (χ1v) is 3.47. The third-order valence-corrected chi connectivity index (χ3v) is 1.39. The molecule has 0 saturated heterocycles. The van der Waals surface area contributed by atoms with E-state index in [1.54, 1.807) is 5.32 Å². The number of hydrogen-bond donors (Lipinski definition) is 2. The molecule has 5 nitrogen and oxygen atoms in total. The molecular formula is C8H7N2O3-. The third-order valence-electron chi connectivity index (χ3n) is 1.39. The quantitative estimate of drug-likeness (QED) is 0.559. The molecule has 0 fully saturated rings. The van der Waals surface area contributed by atoms with E-state index in [-0.39, 0.29) is 5.56 Å². The van der Waals surface area contributed by atoms with Gasteiger partial charge in [-0.2, -0.15) is 0 Å². The molecule has 68 valence electrons. The molecule has 0 aromatic heterocycles. The summed E-state index contributed by atoms with van der Waals surface area (Å²) in [6.45, 7) is 0. The van der Waals surface area contributed by atoms with Gasteiger partial charge in [-0.05, 0) is 24.3 Å². The van der Waals surface area contributed by atoms with Crippen molar-refractivity contribution in [3.05, 3.63) is 29.8 Å². The third kappa shape index (κ3) is 2.48. The van der Waals surface area contributed by atoms with Gasteiger partial charge in [0.2, 0.25) is 0 Å². The monoisotopic (exact) mass is 179 g/mol. The highest BCUT2D eigenvalue weighted by Gasteiger charge is 2.03. The zero-order valence-corrected chi connectivity index (χ0v) is 6.61. The maximum Gasteiger partial charge on any atom is 0.256 e. The van der Waals surface area contributed by atoms with Gasteiger partial charge in [0.05, 0.1) is 0 Å². The first-order valence-electron chi connectivity index (χ1n) is 3.47. The molecule has 0 aliphatic carbocycles. The molecule has 5 heteroatoms. The Balaban J connectivity index is 2.78. The molecule has 1 rings (SSSR count). The number of benzene rings is 1. The summed E-state index contributed by atoms with van der Waals surface area (Å²) in [7, 11) is 0. The van der Waals surface area contributed by atoms with E-state index in [4.69, 9.17) is 5.73 Å². The van der Waals surface area contributed by atoms with Gasteiger partial charge in [-0.25, -0.2) is 0 Å². The molecule has 0 spiro atoms. The molecule has 0 aliphatic rings. The highest BCUT2D eigenvalue weighted by Crippen LogP contribution is 2.04. The van der Waals surface area contributed by atoms with E-state index in [1.807, 2.05) is 0 Å². The minimum Gasteiger partial charge on any atom is -0.530 e. The number of nitrogen functional groups attached to an aromatic ring is 1. The molecule has 13 heavy (non-hydrogen) atoms. The molecule has 0 unspecified atom stereocenters. The van der Waals surface area contributed by atoms with Crippen LogP contribution in [0.1, 0.15) is 10.4 Å². The number of carboxylic acid groups (broad SMARTS) is 1. The predicted molar refractivity (Wildman–Crippen MR) is 43.7 cm³/mol. The van der Waals surface area contributed by atoms with Crippen LogP contribution in [0.5, 0.6) is 0 Å². The van der Waals surface area contributed by atoms with Crippen molar-refractivity contribution >= 4 is 17.7 Å². The summed E-state index contributed by atoms with van der Waals surface area (Å²) in [5.41, 5.74) is 6.09. The lowest BCUT2D eigenvalue weighted by atomic mass is 10.2. The lowest BCUT2D eigenvalue weighted by Crippen LogP contribution is -2.40. The molecule has 0 atom stereocenters. The normalized spacial score (nSPS) is 9.23. The predicted octanol–water partition coefficient (Wildman–Crippen LogP) is -0.658. The van der Waals surface area contributed by atoms with Crippen LogP contribution in [0.4, 0.5) is 10.5 Å². The van der Waals surface area contributed by atoms with Gasteiger partial charge in [0.1, 0.15) is 6.09 Å². The molecule has 2 amide bonds. The largest absolute Gasteiger partial charge is 0.530 e. The summed E-state index contributed by atoms with van der Waals surface area (Å²) in [6, 6.07) is 5.86. The summed E-state index contributed by atoms with van der Waals surface area (Å²) in [6.07, 6.45) is -1.62. The summed E-state index contributed by atoms with van der Waals surface area (Å²) >= 11 is 0. The van der Waals surface area contributed by atoms with Gasteiger partial charge in [-0.1, -0.05) is 0 Å². The Morgan fingerprint density at radius 2 is 1.77 bits per heavy atom. The van der Waals surface area contributed by atoms with Crippen LogP contribution < -0.4 is 16.2 Å². The lowest BCUT2D eigenvalue weighted by molar-refractivity contribution is -0.249. The van der Waals surface area contributed by atoms with Crippen LogP contribution in [0, 0.1) is 0 Å². The fourth-order valence-electron chi connectivity index (χ4n) is 0.799. The number of rotatable bonds is 1. The highest BCUT2D eigenvalue weighted by atomic mass is 16.4.